The van der Waals surface area contributed by atoms with Crippen LogP contribution in [0.15, 0.2) is 0 Å². The molecule has 2 nitrogen and oxygen atoms in total. The highest BCUT2D eigenvalue weighted by atomic mass is 32.1. The molecule has 0 bridgehead atoms. The molecule has 0 saturated carbocycles. The Morgan fingerprint density at radius 3 is 2.50 bits per heavy atom. The van der Waals surface area contributed by atoms with E-state index >= 15 is 0 Å². The summed E-state index contributed by atoms with van der Waals surface area (Å²) in [6, 6.07) is 0. The Kier molecular flexibility index (Phi) is 3.91. The molecule has 0 aromatic carbocycles. The fourth-order valence-corrected chi connectivity index (χ4v) is 0.448. The molecule has 0 saturated heterocycles. The summed E-state index contributed by atoms with van der Waals surface area (Å²) in [6.45, 7) is 1.63. The topological polar surface area (TPSA) is 37.3 Å². The smallest absolute Gasteiger partial charge is 0.147 e. The van der Waals surface area contributed by atoms with Crippen LogP contribution in [0.2, 0.25) is 0 Å². The second-order valence-corrected chi connectivity index (χ2v) is 2.39. The first-order valence-corrected chi connectivity index (χ1v) is 3.01. The van der Waals surface area contributed by atoms with Gasteiger partial charge in [0.15, 0.2) is 0 Å². The molecule has 0 rings (SSSR count). The molecule has 1 unspecified atom stereocenters. The molecule has 0 amide bonds. The standard InChI is InChI=1S/C5H10O2S/c1-4(8)5(7)2-3-6/h4,6,8H,2-3H2,1H3. The summed E-state index contributed by atoms with van der Waals surface area (Å²) >= 11 is 3.87. The lowest BCUT2D eigenvalue weighted by Gasteiger charge is -1.97. The highest BCUT2D eigenvalue weighted by Gasteiger charge is 2.04. The number of rotatable bonds is 3. The Bertz CT molecular complexity index is 80.5. The molecule has 0 aromatic rings. The Labute approximate surface area is 54.3 Å². The molecule has 0 aliphatic carbocycles. The van der Waals surface area contributed by atoms with E-state index in [1.807, 2.05) is 0 Å². The fourth-order valence-electron chi connectivity index (χ4n) is 0.319. The maximum absolute atomic E-state index is 10.5. The van der Waals surface area contributed by atoms with Crippen molar-refractivity contribution < 1.29 is 9.90 Å². The van der Waals surface area contributed by atoms with Gasteiger partial charge in [-0.05, 0) is 6.92 Å². The van der Waals surface area contributed by atoms with E-state index in [0.29, 0.717) is 0 Å². The number of Topliss-reactive ketones (excluding diaryl/α,β-unsaturated/α-hetero) is 1. The third-order valence-electron chi connectivity index (χ3n) is 0.824. The van der Waals surface area contributed by atoms with Gasteiger partial charge < -0.3 is 5.11 Å². The van der Waals surface area contributed by atoms with E-state index in [4.69, 9.17) is 5.11 Å². The van der Waals surface area contributed by atoms with E-state index < -0.39 is 0 Å². The summed E-state index contributed by atoms with van der Waals surface area (Å²) < 4.78 is 0. The van der Waals surface area contributed by atoms with E-state index in [9.17, 15) is 4.79 Å². The van der Waals surface area contributed by atoms with Crippen LogP contribution in [0.5, 0.6) is 0 Å². The van der Waals surface area contributed by atoms with Crippen LogP contribution in [-0.2, 0) is 4.79 Å². The SMILES string of the molecule is CC(S)C(=O)CCO. The minimum atomic E-state index is -0.234. The van der Waals surface area contributed by atoms with Crippen LogP contribution < -0.4 is 0 Å². The molecule has 1 atom stereocenters. The molecular weight excluding hydrogens is 124 g/mol. The molecule has 0 aromatic heterocycles. The van der Waals surface area contributed by atoms with Crippen molar-refractivity contribution in [3.8, 4) is 0 Å². The summed E-state index contributed by atoms with van der Waals surface area (Å²) in [5, 5.41) is 8.00. The van der Waals surface area contributed by atoms with Crippen LogP contribution in [-0.4, -0.2) is 22.7 Å². The van der Waals surface area contributed by atoms with Crippen molar-refractivity contribution in [2.75, 3.05) is 6.61 Å². The van der Waals surface area contributed by atoms with Crippen LogP contribution in [0.25, 0.3) is 0 Å². The molecular formula is C5H10O2S. The van der Waals surface area contributed by atoms with Crippen molar-refractivity contribution in [1.82, 2.24) is 0 Å². The van der Waals surface area contributed by atoms with Crippen LogP contribution in [0.3, 0.4) is 0 Å². The molecule has 8 heavy (non-hydrogen) atoms. The van der Waals surface area contributed by atoms with E-state index in [1.54, 1.807) is 6.92 Å². The second kappa shape index (κ2) is 3.92. The summed E-state index contributed by atoms with van der Waals surface area (Å²) in [7, 11) is 0. The molecule has 3 heteroatoms. The normalized spacial score (nSPS) is 13.4. The van der Waals surface area contributed by atoms with E-state index in [2.05, 4.69) is 12.6 Å². The summed E-state index contributed by atoms with van der Waals surface area (Å²) in [5.74, 6) is -0.00386. The van der Waals surface area contributed by atoms with E-state index in [1.165, 1.54) is 0 Å². The molecule has 0 radical (unpaired) electrons. The quantitative estimate of drug-likeness (QED) is 0.543. The van der Waals surface area contributed by atoms with Gasteiger partial charge in [-0.25, -0.2) is 0 Å². The summed E-state index contributed by atoms with van der Waals surface area (Å²) in [5.41, 5.74) is 0. The lowest BCUT2D eigenvalue weighted by Crippen LogP contribution is -2.11. The van der Waals surface area contributed by atoms with Crippen molar-refractivity contribution in [3.63, 3.8) is 0 Å². The van der Waals surface area contributed by atoms with Gasteiger partial charge in [0.1, 0.15) is 5.78 Å². The van der Waals surface area contributed by atoms with Gasteiger partial charge in [-0.2, -0.15) is 12.6 Å². The van der Waals surface area contributed by atoms with Crippen molar-refractivity contribution in [3.05, 3.63) is 0 Å². The maximum atomic E-state index is 10.5. The number of hydrogen-bond donors (Lipinski definition) is 2. The van der Waals surface area contributed by atoms with Gasteiger partial charge in [-0.15, -0.1) is 0 Å². The number of aliphatic hydroxyl groups excluding tert-OH is 1. The molecule has 1 N–H and O–H groups in total. The van der Waals surface area contributed by atoms with Crippen molar-refractivity contribution in [2.24, 2.45) is 0 Å². The minimum Gasteiger partial charge on any atom is -0.396 e. The van der Waals surface area contributed by atoms with Crippen molar-refractivity contribution >= 4 is 18.4 Å². The first-order valence-electron chi connectivity index (χ1n) is 2.50. The fraction of sp³-hybridized carbons (Fsp3) is 0.800. The number of ketones is 1. The first kappa shape index (κ1) is 7.98. The summed E-state index contributed by atoms with van der Waals surface area (Å²) in [4.78, 5) is 10.5. The number of thiol groups is 1. The number of carbonyl (C=O) groups excluding carboxylic acids is 1. The van der Waals surface area contributed by atoms with Gasteiger partial charge in [0.05, 0.1) is 11.9 Å². The minimum absolute atomic E-state index is 0.00386. The highest BCUT2D eigenvalue weighted by Crippen LogP contribution is 1.96. The van der Waals surface area contributed by atoms with Crippen LogP contribution in [0, 0.1) is 0 Å². The summed E-state index contributed by atoms with van der Waals surface area (Å²) in [6.07, 6.45) is 0.227. The number of carbonyl (C=O) groups is 1. The second-order valence-electron chi connectivity index (χ2n) is 1.62. The average molecular weight is 134 g/mol. The van der Waals surface area contributed by atoms with Crippen molar-refractivity contribution in [1.29, 1.82) is 0 Å². The molecule has 0 heterocycles. The maximum Gasteiger partial charge on any atom is 0.147 e. The molecule has 0 aliphatic heterocycles. The zero-order chi connectivity index (χ0) is 6.57. The first-order chi connectivity index (χ1) is 3.68. The van der Waals surface area contributed by atoms with Gasteiger partial charge >= 0.3 is 0 Å². The number of hydrogen-bond acceptors (Lipinski definition) is 3. The average Bonchev–Trinajstić information content (AvgIpc) is 1.67. The molecule has 0 fully saturated rings. The predicted molar refractivity (Wildman–Crippen MR) is 35.2 cm³/mol. The zero-order valence-electron chi connectivity index (χ0n) is 4.79. The Morgan fingerprint density at radius 2 is 2.38 bits per heavy atom. The highest BCUT2D eigenvalue weighted by molar-refractivity contribution is 7.81. The van der Waals surface area contributed by atoms with Crippen LogP contribution in [0.1, 0.15) is 13.3 Å². The van der Waals surface area contributed by atoms with Crippen LogP contribution >= 0.6 is 12.6 Å². The monoisotopic (exact) mass is 134 g/mol. The van der Waals surface area contributed by atoms with Gasteiger partial charge in [0.25, 0.3) is 0 Å². The lowest BCUT2D eigenvalue weighted by molar-refractivity contribution is -0.118. The Balaban J connectivity index is 3.33. The van der Waals surface area contributed by atoms with Crippen LogP contribution in [0.4, 0.5) is 0 Å². The third kappa shape index (κ3) is 3.04. The van der Waals surface area contributed by atoms with E-state index in [-0.39, 0.29) is 24.1 Å². The predicted octanol–water partition coefficient (Wildman–Crippen LogP) is 0.256. The van der Waals surface area contributed by atoms with Gasteiger partial charge in [0.2, 0.25) is 0 Å². The number of aliphatic hydroxyl groups is 1. The zero-order valence-corrected chi connectivity index (χ0v) is 5.69. The molecule has 0 aliphatic rings. The molecule has 0 spiro atoms. The largest absolute Gasteiger partial charge is 0.396 e. The van der Waals surface area contributed by atoms with Gasteiger partial charge in [-0.3, -0.25) is 4.79 Å². The van der Waals surface area contributed by atoms with Gasteiger partial charge in [0, 0.05) is 6.42 Å². The van der Waals surface area contributed by atoms with Crippen molar-refractivity contribution in [2.45, 2.75) is 18.6 Å². The molecule has 48 valence electrons. The Hall–Kier alpha value is -0.0200. The lowest BCUT2D eigenvalue weighted by atomic mass is 10.2. The van der Waals surface area contributed by atoms with E-state index in [0.717, 1.165) is 0 Å². The van der Waals surface area contributed by atoms with Gasteiger partial charge in [-0.1, -0.05) is 0 Å². The third-order valence-corrected chi connectivity index (χ3v) is 1.11. The Morgan fingerprint density at radius 1 is 1.88 bits per heavy atom.